The van der Waals surface area contributed by atoms with E-state index < -0.39 is 0 Å². The number of methoxy groups -OCH3 is 1. The monoisotopic (exact) mass is 368 g/mol. The number of urea groups is 1. The molecule has 0 radical (unpaired) electrons. The summed E-state index contributed by atoms with van der Waals surface area (Å²) in [6.45, 7) is 0.776. The van der Waals surface area contributed by atoms with Crippen LogP contribution in [0, 0.1) is 5.92 Å². The minimum atomic E-state index is -0.339. The quantitative estimate of drug-likeness (QED) is 0.733. The molecule has 1 aliphatic rings. The highest BCUT2D eigenvalue weighted by Crippen LogP contribution is 2.26. The molecular weight excluding hydrogens is 348 g/mol. The maximum atomic E-state index is 12.4. The molecule has 1 aromatic carbocycles. The van der Waals surface area contributed by atoms with Gasteiger partial charge in [-0.2, -0.15) is 0 Å². The van der Waals surface area contributed by atoms with Crippen LogP contribution in [-0.4, -0.2) is 56.6 Å². The minimum Gasteiger partial charge on any atom is -0.375 e. The van der Waals surface area contributed by atoms with E-state index >= 15 is 0 Å². The van der Waals surface area contributed by atoms with E-state index in [1.807, 2.05) is 0 Å². The SMILES string of the molecule is CNC(=O)C1CCN(C(=O)Nc2cc(NC(=O)COC)ccc2Cl)C1. The van der Waals surface area contributed by atoms with Crippen LogP contribution >= 0.6 is 11.6 Å². The van der Waals surface area contributed by atoms with Gasteiger partial charge in [0.15, 0.2) is 0 Å². The van der Waals surface area contributed by atoms with Crippen LogP contribution in [0.1, 0.15) is 6.42 Å². The molecule has 2 rings (SSSR count). The van der Waals surface area contributed by atoms with Gasteiger partial charge in [0, 0.05) is 32.9 Å². The molecule has 4 amide bonds. The van der Waals surface area contributed by atoms with Gasteiger partial charge in [-0.3, -0.25) is 9.59 Å². The van der Waals surface area contributed by atoms with Gasteiger partial charge in [-0.05, 0) is 24.6 Å². The Morgan fingerprint density at radius 1 is 1.32 bits per heavy atom. The summed E-state index contributed by atoms with van der Waals surface area (Å²) in [5.41, 5.74) is 0.872. The third-order valence-corrected chi connectivity index (χ3v) is 4.19. The number of nitrogens with zero attached hydrogens (tertiary/aromatic N) is 1. The van der Waals surface area contributed by atoms with Gasteiger partial charge in [0.2, 0.25) is 11.8 Å². The van der Waals surface area contributed by atoms with Crippen LogP contribution in [0.2, 0.25) is 5.02 Å². The second-order valence-electron chi connectivity index (χ2n) is 5.65. The molecule has 1 saturated heterocycles. The Balaban J connectivity index is 2.00. The van der Waals surface area contributed by atoms with Crippen LogP contribution in [0.5, 0.6) is 0 Å². The fraction of sp³-hybridized carbons (Fsp3) is 0.438. The van der Waals surface area contributed by atoms with Crippen molar-refractivity contribution in [3.63, 3.8) is 0 Å². The molecule has 0 bridgehead atoms. The molecule has 3 N–H and O–H groups in total. The van der Waals surface area contributed by atoms with Gasteiger partial charge in [-0.15, -0.1) is 0 Å². The minimum absolute atomic E-state index is 0.0705. The standard InChI is InChI=1S/C16H21ClN4O4/c1-18-15(23)10-5-6-21(8-10)16(24)20-13-7-11(3-4-12(13)17)19-14(22)9-25-2/h3-4,7,10H,5-6,8-9H2,1-2H3,(H,18,23)(H,19,22)(H,20,24). The van der Waals surface area contributed by atoms with E-state index in [9.17, 15) is 14.4 Å². The lowest BCUT2D eigenvalue weighted by atomic mass is 10.1. The molecule has 1 heterocycles. The smallest absolute Gasteiger partial charge is 0.321 e. The average Bonchev–Trinajstić information content (AvgIpc) is 3.07. The van der Waals surface area contributed by atoms with Crippen LogP contribution in [0.15, 0.2) is 18.2 Å². The molecule has 8 nitrogen and oxygen atoms in total. The van der Waals surface area contributed by atoms with Crippen molar-refractivity contribution in [3.05, 3.63) is 23.2 Å². The highest BCUT2D eigenvalue weighted by atomic mass is 35.5. The number of anilines is 2. The molecule has 0 spiro atoms. The van der Waals surface area contributed by atoms with Crippen molar-refractivity contribution >= 4 is 40.8 Å². The van der Waals surface area contributed by atoms with Crippen molar-refractivity contribution in [1.29, 1.82) is 0 Å². The van der Waals surface area contributed by atoms with E-state index in [0.717, 1.165) is 0 Å². The third kappa shape index (κ3) is 5.07. The predicted molar refractivity (Wildman–Crippen MR) is 94.7 cm³/mol. The fourth-order valence-corrected chi connectivity index (χ4v) is 2.75. The Kier molecular flexibility index (Phi) is 6.60. The Hall–Kier alpha value is -2.32. The number of carbonyl (C=O) groups excluding carboxylic acids is 3. The molecular formula is C16H21ClN4O4. The molecule has 136 valence electrons. The Bertz CT molecular complexity index is 668. The van der Waals surface area contributed by atoms with Gasteiger partial charge >= 0.3 is 6.03 Å². The summed E-state index contributed by atoms with van der Waals surface area (Å²) in [6.07, 6.45) is 0.619. The number of hydrogen-bond donors (Lipinski definition) is 3. The normalized spacial score (nSPS) is 16.4. The molecule has 0 aromatic heterocycles. The molecule has 1 atom stereocenters. The summed E-state index contributed by atoms with van der Waals surface area (Å²) in [6, 6.07) is 4.44. The van der Waals surface area contributed by atoms with E-state index in [-0.39, 0.29) is 30.4 Å². The topological polar surface area (TPSA) is 99.8 Å². The number of rotatable bonds is 5. The molecule has 9 heteroatoms. The Labute approximate surface area is 150 Å². The van der Waals surface area contributed by atoms with Gasteiger partial charge in [-0.25, -0.2) is 4.79 Å². The maximum Gasteiger partial charge on any atom is 0.321 e. The lowest BCUT2D eigenvalue weighted by Crippen LogP contribution is -2.35. The number of hydrogen-bond acceptors (Lipinski definition) is 4. The van der Waals surface area contributed by atoms with Crippen LogP contribution < -0.4 is 16.0 Å². The average molecular weight is 369 g/mol. The maximum absolute atomic E-state index is 12.4. The largest absolute Gasteiger partial charge is 0.375 e. The van der Waals surface area contributed by atoms with Crippen molar-refractivity contribution < 1.29 is 19.1 Å². The number of ether oxygens (including phenoxy) is 1. The van der Waals surface area contributed by atoms with E-state index in [2.05, 4.69) is 16.0 Å². The number of carbonyl (C=O) groups is 3. The first-order chi connectivity index (χ1) is 11.9. The predicted octanol–water partition coefficient (Wildman–Crippen LogP) is 1.52. The Morgan fingerprint density at radius 2 is 2.08 bits per heavy atom. The van der Waals surface area contributed by atoms with E-state index in [4.69, 9.17) is 16.3 Å². The van der Waals surface area contributed by atoms with Crippen molar-refractivity contribution in [2.75, 3.05) is 44.5 Å². The Morgan fingerprint density at radius 3 is 2.76 bits per heavy atom. The molecule has 0 aliphatic carbocycles. The number of halogens is 1. The van der Waals surface area contributed by atoms with Gasteiger partial charge in [0.05, 0.1) is 16.6 Å². The van der Waals surface area contributed by atoms with Gasteiger partial charge in [0.1, 0.15) is 6.61 Å². The third-order valence-electron chi connectivity index (χ3n) is 3.86. The molecule has 1 aliphatic heterocycles. The first-order valence-corrected chi connectivity index (χ1v) is 8.18. The van der Waals surface area contributed by atoms with Crippen LogP contribution in [0.3, 0.4) is 0 Å². The lowest BCUT2D eigenvalue weighted by molar-refractivity contribution is -0.124. The van der Waals surface area contributed by atoms with Gasteiger partial charge < -0.3 is 25.6 Å². The first-order valence-electron chi connectivity index (χ1n) is 7.80. The highest BCUT2D eigenvalue weighted by Gasteiger charge is 2.30. The zero-order chi connectivity index (χ0) is 18.4. The summed E-state index contributed by atoms with van der Waals surface area (Å²) in [7, 11) is 3.00. The number of likely N-dealkylation sites (tertiary alicyclic amines) is 1. The van der Waals surface area contributed by atoms with Crippen LogP contribution in [0.4, 0.5) is 16.2 Å². The number of nitrogens with one attached hydrogen (secondary N) is 3. The second-order valence-corrected chi connectivity index (χ2v) is 6.06. The summed E-state index contributed by atoms with van der Waals surface area (Å²) in [5, 5.41) is 8.30. The van der Waals surface area contributed by atoms with E-state index in [1.54, 1.807) is 30.1 Å². The molecule has 1 aromatic rings. The second kappa shape index (κ2) is 8.68. The van der Waals surface area contributed by atoms with Gasteiger partial charge in [0.25, 0.3) is 0 Å². The summed E-state index contributed by atoms with van der Waals surface area (Å²) in [5.74, 6) is -0.586. The van der Waals surface area contributed by atoms with E-state index in [0.29, 0.717) is 35.9 Å². The zero-order valence-electron chi connectivity index (χ0n) is 14.1. The van der Waals surface area contributed by atoms with Crippen LogP contribution in [-0.2, 0) is 14.3 Å². The van der Waals surface area contributed by atoms with Crippen LogP contribution in [0.25, 0.3) is 0 Å². The summed E-state index contributed by atoms with van der Waals surface area (Å²) < 4.78 is 4.75. The number of benzene rings is 1. The van der Waals surface area contributed by atoms with Crippen molar-refractivity contribution in [2.24, 2.45) is 5.92 Å². The highest BCUT2D eigenvalue weighted by molar-refractivity contribution is 6.33. The lowest BCUT2D eigenvalue weighted by Gasteiger charge is -2.18. The zero-order valence-corrected chi connectivity index (χ0v) is 14.9. The van der Waals surface area contributed by atoms with Crippen molar-refractivity contribution in [1.82, 2.24) is 10.2 Å². The molecule has 0 saturated carbocycles. The molecule has 1 fully saturated rings. The van der Waals surface area contributed by atoms with Crippen molar-refractivity contribution in [3.8, 4) is 0 Å². The summed E-state index contributed by atoms with van der Waals surface area (Å²) >= 11 is 6.11. The number of amides is 4. The molecule has 1 unspecified atom stereocenters. The summed E-state index contributed by atoms with van der Waals surface area (Å²) in [4.78, 5) is 37.2. The van der Waals surface area contributed by atoms with Crippen molar-refractivity contribution in [2.45, 2.75) is 6.42 Å². The molecule has 25 heavy (non-hydrogen) atoms. The fourth-order valence-electron chi connectivity index (χ4n) is 2.58. The van der Waals surface area contributed by atoms with E-state index in [1.165, 1.54) is 7.11 Å². The van der Waals surface area contributed by atoms with Gasteiger partial charge in [-0.1, -0.05) is 11.6 Å². The first kappa shape index (κ1) is 19.0.